The quantitative estimate of drug-likeness (QED) is 0.590. The summed E-state index contributed by atoms with van der Waals surface area (Å²) in [5, 5.41) is 0. The van der Waals surface area contributed by atoms with E-state index in [0.29, 0.717) is 31.7 Å². The Bertz CT molecular complexity index is 1080. The Morgan fingerprint density at radius 3 is 2.12 bits per heavy atom. The molecule has 0 aliphatic carbocycles. The number of anilines is 1. The number of nitrogens with zero attached hydrogens (tertiary/aromatic N) is 3. The lowest BCUT2D eigenvalue weighted by Crippen LogP contribution is -2.48. The van der Waals surface area contributed by atoms with Crippen molar-refractivity contribution >= 4 is 33.4 Å². The molecule has 0 atom stereocenters. The maximum absolute atomic E-state index is 13.4. The van der Waals surface area contributed by atoms with Crippen molar-refractivity contribution in [2.45, 2.75) is 35.5 Å². The second-order valence-electron chi connectivity index (χ2n) is 8.44. The average molecular weight is 492 g/mol. The molecular formula is C24H30FN3O3S2. The van der Waals surface area contributed by atoms with Gasteiger partial charge < -0.3 is 9.80 Å². The molecule has 0 radical (unpaired) electrons. The van der Waals surface area contributed by atoms with Crippen LogP contribution in [0.5, 0.6) is 0 Å². The van der Waals surface area contributed by atoms with E-state index in [4.69, 9.17) is 0 Å². The van der Waals surface area contributed by atoms with Gasteiger partial charge in [-0.15, -0.1) is 11.8 Å². The Kier molecular flexibility index (Phi) is 7.61. The molecule has 2 fully saturated rings. The Balaban J connectivity index is 1.52. The average Bonchev–Trinajstić information content (AvgIpc) is 3.13. The highest BCUT2D eigenvalue weighted by atomic mass is 32.2. The van der Waals surface area contributed by atoms with E-state index in [-0.39, 0.29) is 16.6 Å². The third kappa shape index (κ3) is 5.36. The van der Waals surface area contributed by atoms with Crippen molar-refractivity contribution < 1.29 is 17.6 Å². The molecular weight excluding hydrogens is 461 g/mol. The number of piperazine rings is 1. The number of thioether (sulfide) groups is 1. The summed E-state index contributed by atoms with van der Waals surface area (Å²) in [5.41, 5.74) is 1.35. The summed E-state index contributed by atoms with van der Waals surface area (Å²) in [4.78, 5) is 18.2. The molecule has 2 aromatic rings. The Morgan fingerprint density at radius 1 is 0.879 bits per heavy atom. The molecule has 0 bridgehead atoms. The van der Waals surface area contributed by atoms with Crippen LogP contribution in [0, 0.1) is 5.82 Å². The van der Waals surface area contributed by atoms with Crippen molar-refractivity contribution in [2.75, 3.05) is 50.4 Å². The van der Waals surface area contributed by atoms with Gasteiger partial charge in [0.15, 0.2) is 0 Å². The lowest BCUT2D eigenvalue weighted by atomic mass is 10.2. The van der Waals surface area contributed by atoms with Gasteiger partial charge in [-0.3, -0.25) is 4.79 Å². The number of hydrogen-bond acceptors (Lipinski definition) is 5. The normalized spacial score (nSPS) is 18.2. The van der Waals surface area contributed by atoms with E-state index in [2.05, 4.69) is 4.90 Å². The van der Waals surface area contributed by atoms with Gasteiger partial charge in [-0.25, -0.2) is 12.8 Å². The van der Waals surface area contributed by atoms with Crippen LogP contribution in [-0.2, 0) is 10.0 Å². The zero-order valence-electron chi connectivity index (χ0n) is 18.9. The summed E-state index contributed by atoms with van der Waals surface area (Å²) in [6.45, 7) is 3.14. The van der Waals surface area contributed by atoms with Crippen molar-refractivity contribution in [1.29, 1.82) is 0 Å². The minimum absolute atomic E-state index is 0.0839. The van der Waals surface area contributed by atoms with Crippen LogP contribution in [-0.4, -0.2) is 69.1 Å². The van der Waals surface area contributed by atoms with Gasteiger partial charge in [-0.1, -0.05) is 12.8 Å². The summed E-state index contributed by atoms with van der Waals surface area (Å²) >= 11 is 1.46. The minimum Gasteiger partial charge on any atom is -0.369 e. The second-order valence-corrected chi connectivity index (χ2v) is 11.2. The molecule has 2 aromatic carbocycles. The third-order valence-electron chi connectivity index (χ3n) is 6.36. The Hall–Kier alpha value is -2.10. The number of halogens is 1. The van der Waals surface area contributed by atoms with Gasteiger partial charge in [-0.2, -0.15) is 4.31 Å². The van der Waals surface area contributed by atoms with E-state index in [9.17, 15) is 17.6 Å². The minimum atomic E-state index is -3.73. The Morgan fingerprint density at radius 2 is 1.52 bits per heavy atom. The van der Waals surface area contributed by atoms with Crippen molar-refractivity contribution in [3.63, 3.8) is 0 Å². The first-order chi connectivity index (χ1) is 15.9. The molecule has 1 amide bonds. The molecule has 0 N–H and O–H groups in total. The standard InChI is InChI=1S/C24H30FN3O3S2/c1-32-23-11-10-21(18-22(23)24(29)27-12-4-2-3-5-13-27)33(30,31)28-16-14-26(15-17-28)20-8-6-19(25)7-9-20/h6-11,18H,2-5,12-17H2,1H3. The summed E-state index contributed by atoms with van der Waals surface area (Å²) in [7, 11) is -3.73. The first-order valence-corrected chi connectivity index (χ1v) is 14.0. The van der Waals surface area contributed by atoms with E-state index in [0.717, 1.165) is 49.4 Å². The largest absolute Gasteiger partial charge is 0.369 e. The van der Waals surface area contributed by atoms with Crippen molar-refractivity contribution in [3.05, 3.63) is 53.8 Å². The molecule has 0 aromatic heterocycles. The molecule has 2 aliphatic heterocycles. The predicted molar refractivity (Wildman–Crippen MR) is 130 cm³/mol. The number of sulfonamides is 1. The zero-order valence-corrected chi connectivity index (χ0v) is 20.5. The highest BCUT2D eigenvalue weighted by Crippen LogP contribution is 2.28. The van der Waals surface area contributed by atoms with Crippen molar-refractivity contribution in [1.82, 2.24) is 9.21 Å². The fourth-order valence-corrected chi connectivity index (χ4v) is 6.47. The van der Waals surface area contributed by atoms with Gasteiger partial charge in [0.1, 0.15) is 5.82 Å². The smallest absolute Gasteiger partial charge is 0.255 e. The molecule has 9 heteroatoms. The number of carbonyl (C=O) groups is 1. The molecule has 4 rings (SSSR count). The molecule has 178 valence electrons. The van der Waals surface area contributed by atoms with Gasteiger partial charge >= 0.3 is 0 Å². The SMILES string of the molecule is CSc1ccc(S(=O)(=O)N2CCN(c3ccc(F)cc3)CC2)cc1C(=O)N1CCCCCC1. The molecule has 2 heterocycles. The second kappa shape index (κ2) is 10.4. The maximum Gasteiger partial charge on any atom is 0.255 e. The van der Waals surface area contributed by atoms with E-state index >= 15 is 0 Å². The molecule has 33 heavy (non-hydrogen) atoms. The summed E-state index contributed by atoms with van der Waals surface area (Å²) in [6.07, 6.45) is 6.11. The fourth-order valence-electron chi connectivity index (χ4n) is 4.45. The maximum atomic E-state index is 13.4. The number of hydrogen-bond donors (Lipinski definition) is 0. The molecule has 6 nitrogen and oxygen atoms in total. The van der Waals surface area contributed by atoms with Gasteiger partial charge in [-0.05, 0) is 61.6 Å². The molecule has 0 saturated carbocycles. The molecule has 2 saturated heterocycles. The monoisotopic (exact) mass is 491 g/mol. The van der Waals surface area contributed by atoms with Crippen LogP contribution in [0.2, 0.25) is 0 Å². The highest BCUT2D eigenvalue weighted by Gasteiger charge is 2.30. The van der Waals surface area contributed by atoms with Crippen LogP contribution in [0.1, 0.15) is 36.0 Å². The van der Waals surface area contributed by atoms with Crippen LogP contribution >= 0.6 is 11.8 Å². The zero-order chi connectivity index (χ0) is 23.4. The first-order valence-electron chi connectivity index (χ1n) is 11.4. The number of benzene rings is 2. The lowest BCUT2D eigenvalue weighted by molar-refractivity contribution is 0.0758. The lowest BCUT2D eigenvalue weighted by Gasteiger charge is -2.35. The summed E-state index contributed by atoms with van der Waals surface area (Å²) in [5.74, 6) is -0.376. The Labute approximate surface area is 199 Å². The predicted octanol–water partition coefficient (Wildman–Crippen LogP) is 4.07. The third-order valence-corrected chi connectivity index (χ3v) is 9.05. The summed E-state index contributed by atoms with van der Waals surface area (Å²) in [6, 6.07) is 11.1. The highest BCUT2D eigenvalue weighted by molar-refractivity contribution is 7.98. The van der Waals surface area contributed by atoms with E-state index in [1.807, 2.05) is 11.2 Å². The van der Waals surface area contributed by atoms with Gasteiger partial charge in [0, 0.05) is 49.9 Å². The van der Waals surface area contributed by atoms with Crippen LogP contribution in [0.25, 0.3) is 0 Å². The van der Waals surface area contributed by atoms with Gasteiger partial charge in [0.05, 0.1) is 10.5 Å². The topological polar surface area (TPSA) is 60.9 Å². The summed E-state index contributed by atoms with van der Waals surface area (Å²) < 4.78 is 41.5. The van der Waals surface area contributed by atoms with Crippen molar-refractivity contribution in [3.8, 4) is 0 Å². The van der Waals surface area contributed by atoms with E-state index in [1.54, 1.807) is 30.3 Å². The van der Waals surface area contributed by atoms with Crippen LogP contribution < -0.4 is 4.90 Å². The van der Waals surface area contributed by atoms with E-state index in [1.165, 1.54) is 28.2 Å². The van der Waals surface area contributed by atoms with Gasteiger partial charge in [0.25, 0.3) is 5.91 Å². The molecule has 0 spiro atoms. The van der Waals surface area contributed by atoms with Crippen LogP contribution in [0.4, 0.5) is 10.1 Å². The fraction of sp³-hybridized carbons (Fsp3) is 0.458. The van der Waals surface area contributed by atoms with Crippen molar-refractivity contribution in [2.24, 2.45) is 0 Å². The van der Waals surface area contributed by atoms with Crippen LogP contribution in [0.15, 0.2) is 52.3 Å². The van der Waals surface area contributed by atoms with E-state index < -0.39 is 10.0 Å². The van der Waals surface area contributed by atoms with Gasteiger partial charge in [0.2, 0.25) is 10.0 Å². The first kappa shape index (κ1) is 24.0. The van der Waals surface area contributed by atoms with Crippen LogP contribution in [0.3, 0.4) is 0 Å². The number of amides is 1. The number of likely N-dealkylation sites (tertiary alicyclic amines) is 1. The number of rotatable bonds is 5. The molecule has 0 unspecified atom stereocenters. The number of carbonyl (C=O) groups excluding carboxylic acids is 1. The molecule has 2 aliphatic rings.